The largest absolute Gasteiger partial charge is 0.307 e. The molecule has 1 aliphatic rings. The summed E-state index contributed by atoms with van der Waals surface area (Å²) in [6.07, 6.45) is 3.58. The Hall–Kier alpha value is -0.890. The molecule has 1 nitrogen and oxygen atoms in total. The van der Waals surface area contributed by atoms with Crippen molar-refractivity contribution >= 4 is 0 Å². The van der Waals surface area contributed by atoms with Crippen molar-refractivity contribution in [3.05, 3.63) is 35.6 Å². The van der Waals surface area contributed by atoms with Crippen LogP contribution in [-0.4, -0.2) is 6.04 Å². The normalized spacial score (nSPS) is 23.5. The summed E-state index contributed by atoms with van der Waals surface area (Å²) < 4.78 is 13.9. The van der Waals surface area contributed by atoms with Gasteiger partial charge in [0.1, 0.15) is 5.82 Å². The van der Waals surface area contributed by atoms with Crippen molar-refractivity contribution in [3.63, 3.8) is 0 Å². The molecule has 0 bridgehead atoms. The molecule has 0 aliphatic heterocycles. The van der Waals surface area contributed by atoms with E-state index >= 15 is 0 Å². The minimum absolute atomic E-state index is 0.0610. The van der Waals surface area contributed by atoms with Gasteiger partial charge in [-0.1, -0.05) is 45.9 Å². The molecule has 0 unspecified atom stereocenters. The first-order valence-corrected chi connectivity index (χ1v) is 7.69. The second-order valence-corrected chi connectivity index (χ2v) is 8.02. The molecule has 1 saturated carbocycles. The molecule has 112 valence electrons. The lowest BCUT2D eigenvalue weighted by Gasteiger charge is -2.46. The Morgan fingerprint density at radius 3 is 2.20 bits per heavy atom. The maximum atomic E-state index is 13.9. The zero-order valence-corrected chi connectivity index (χ0v) is 13.5. The molecule has 2 heteroatoms. The molecule has 2 rings (SSSR count). The number of halogens is 1. The molecule has 0 heterocycles. The molecule has 20 heavy (non-hydrogen) atoms. The van der Waals surface area contributed by atoms with Crippen LogP contribution in [0.15, 0.2) is 24.3 Å². The first-order chi connectivity index (χ1) is 9.19. The highest BCUT2D eigenvalue weighted by molar-refractivity contribution is 5.20. The number of nitrogens with one attached hydrogen (secondary N) is 1. The minimum Gasteiger partial charge on any atom is -0.307 e. The molecule has 0 spiro atoms. The smallest absolute Gasteiger partial charge is 0.127 e. The van der Waals surface area contributed by atoms with Crippen LogP contribution < -0.4 is 5.32 Å². The van der Waals surface area contributed by atoms with E-state index in [2.05, 4.69) is 39.9 Å². The first kappa shape index (κ1) is 15.5. The number of benzene rings is 1. The number of rotatable bonds is 3. The predicted octanol–water partition coefficient (Wildman–Crippen LogP) is 5.08. The second kappa shape index (κ2) is 5.48. The van der Waals surface area contributed by atoms with Gasteiger partial charge in [0.25, 0.3) is 0 Å². The average Bonchev–Trinajstić information content (AvgIpc) is 2.24. The lowest BCUT2D eigenvalue weighted by molar-refractivity contribution is 0.0809. The van der Waals surface area contributed by atoms with E-state index in [1.807, 2.05) is 12.1 Å². The Morgan fingerprint density at radius 1 is 1.10 bits per heavy atom. The molecular weight excluding hydrogens is 249 g/mol. The van der Waals surface area contributed by atoms with Crippen LogP contribution in [0.3, 0.4) is 0 Å². The summed E-state index contributed by atoms with van der Waals surface area (Å²) in [6, 6.07) is 7.60. The molecule has 0 aromatic heterocycles. The van der Waals surface area contributed by atoms with Crippen LogP contribution in [-0.2, 0) is 0 Å². The Bertz CT molecular complexity index is 448. The Morgan fingerprint density at radius 2 is 1.65 bits per heavy atom. The summed E-state index contributed by atoms with van der Waals surface area (Å²) >= 11 is 0. The summed E-state index contributed by atoms with van der Waals surface area (Å²) in [5, 5.41) is 3.65. The third-order valence-electron chi connectivity index (χ3n) is 4.41. The van der Waals surface area contributed by atoms with Crippen molar-refractivity contribution in [2.24, 2.45) is 10.8 Å². The lowest BCUT2D eigenvalue weighted by atomic mass is 9.63. The van der Waals surface area contributed by atoms with Gasteiger partial charge in [-0.05, 0) is 43.1 Å². The Labute approximate surface area is 123 Å². The van der Waals surface area contributed by atoms with E-state index in [-0.39, 0.29) is 11.9 Å². The summed E-state index contributed by atoms with van der Waals surface area (Å²) in [4.78, 5) is 0. The molecule has 1 N–H and O–H groups in total. The highest BCUT2D eigenvalue weighted by atomic mass is 19.1. The van der Waals surface area contributed by atoms with E-state index in [0.717, 1.165) is 18.4 Å². The number of hydrogen-bond donors (Lipinski definition) is 1. The molecule has 0 amide bonds. The van der Waals surface area contributed by atoms with Crippen molar-refractivity contribution in [3.8, 4) is 0 Å². The van der Waals surface area contributed by atoms with Crippen LogP contribution >= 0.6 is 0 Å². The van der Waals surface area contributed by atoms with Crippen LogP contribution in [0.1, 0.15) is 65.5 Å². The fourth-order valence-corrected chi connectivity index (χ4v) is 4.23. The van der Waals surface area contributed by atoms with Crippen LogP contribution in [0, 0.1) is 16.6 Å². The van der Waals surface area contributed by atoms with E-state index < -0.39 is 0 Å². The van der Waals surface area contributed by atoms with Crippen LogP contribution in [0.25, 0.3) is 0 Å². The first-order valence-electron chi connectivity index (χ1n) is 7.69. The minimum atomic E-state index is -0.109. The monoisotopic (exact) mass is 277 g/mol. The van der Waals surface area contributed by atoms with Gasteiger partial charge in [0.2, 0.25) is 0 Å². The van der Waals surface area contributed by atoms with Gasteiger partial charge in [0.15, 0.2) is 0 Å². The summed E-state index contributed by atoms with van der Waals surface area (Å²) in [5.74, 6) is -0.109. The second-order valence-electron chi connectivity index (χ2n) is 8.02. The van der Waals surface area contributed by atoms with Crippen LogP contribution in [0.2, 0.25) is 0 Å². The van der Waals surface area contributed by atoms with E-state index in [0.29, 0.717) is 16.9 Å². The third-order valence-corrected chi connectivity index (χ3v) is 4.41. The molecule has 1 aromatic rings. The molecular formula is C18H28FN. The third kappa shape index (κ3) is 3.82. The van der Waals surface area contributed by atoms with Gasteiger partial charge in [-0.2, -0.15) is 0 Å². The fraction of sp³-hybridized carbons (Fsp3) is 0.667. The zero-order chi connectivity index (χ0) is 15.0. The highest BCUT2D eigenvalue weighted by Gasteiger charge is 2.38. The Kier molecular flexibility index (Phi) is 4.24. The van der Waals surface area contributed by atoms with Gasteiger partial charge in [-0.3, -0.25) is 0 Å². The fourth-order valence-electron chi connectivity index (χ4n) is 4.23. The molecule has 1 aromatic carbocycles. The van der Waals surface area contributed by atoms with Crippen molar-refractivity contribution < 1.29 is 4.39 Å². The molecule has 0 saturated heterocycles. The maximum Gasteiger partial charge on any atom is 0.127 e. The van der Waals surface area contributed by atoms with E-state index in [1.54, 1.807) is 12.1 Å². The highest BCUT2D eigenvalue weighted by Crippen LogP contribution is 2.46. The quantitative estimate of drug-likeness (QED) is 0.812. The number of hydrogen-bond acceptors (Lipinski definition) is 1. The lowest BCUT2D eigenvalue weighted by Crippen LogP contribution is -2.44. The maximum absolute atomic E-state index is 13.9. The van der Waals surface area contributed by atoms with Gasteiger partial charge in [-0.15, -0.1) is 0 Å². The van der Waals surface area contributed by atoms with Crippen LogP contribution in [0.4, 0.5) is 4.39 Å². The summed E-state index contributed by atoms with van der Waals surface area (Å²) in [5.41, 5.74) is 1.48. The molecule has 0 radical (unpaired) electrons. The van der Waals surface area contributed by atoms with Crippen LogP contribution in [0.5, 0.6) is 0 Å². The topological polar surface area (TPSA) is 12.0 Å². The van der Waals surface area contributed by atoms with Crippen molar-refractivity contribution in [2.45, 2.75) is 66.0 Å². The van der Waals surface area contributed by atoms with Gasteiger partial charge in [0.05, 0.1) is 0 Å². The molecule has 1 aliphatic carbocycles. The Balaban J connectivity index is 2.08. The van der Waals surface area contributed by atoms with Gasteiger partial charge < -0.3 is 5.32 Å². The average molecular weight is 277 g/mol. The van der Waals surface area contributed by atoms with E-state index in [9.17, 15) is 4.39 Å². The van der Waals surface area contributed by atoms with Gasteiger partial charge in [-0.25, -0.2) is 4.39 Å². The SMILES string of the molecule is C[C@@H](NC1CC(C)(C)CC(C)(C)C1)c1ccccc1F. The summed E-state index contributed by atoms with van der Waals surface area (Å²) in [7, 11) is 0. The zero-order valence-electron chi connectivity index (χ0n) is 13.5. The summed E-state index contributed by atoms with van der Waals surface area (Å²) in [6.45, 7) is 11.4. The molecule has 1 atom stereocenters. The van der Waals surface area contributed by atoms with Crippen molar-refractivity contribution in [1.29, 1.82) is 0 Å². The van der Waals surface area contributed by atoms with Crippen molar-refractivity contribution in [2.75, 3.05) is 0 Å². The van der Waals surface area contributed by atoms with E-state index in [1.165, 1.54) is 6.42 Å². The van der Waals surface area contributed by atoms with Crippen molar-refractivity contribution in [1.82, 2.24) is 5.32 Å². The molecule has 1 fully saturated rings. The van der Waals surface area contributed by atoms with E-state index in [4.69, 9.17) is 0 Å². The van der Waals surface area contributed by atoms with Gasteiger partial charge >= 0.3 is 0 Å². The van der Waals surface area contributed by atoms with Gasteiger partial charge in [0, 0.05) is 17.6 Å². The standard InChI is InChI=1S/C18H28FN/c1-13(15-8-6-7-9-16(15)19)20-14-10-17(2,3)12-18(4,5)11-14/h6-9,13-14,20H,10-12H2,1-5H3/t13-/m1/s1. The predicted molar refractivity (Wildman–Crippen MR) is 83.2 cm³/mol.